The highest BCUT2D eigenvalue weighted by molar-refractivity contribution is 5.22. The molecule has 0 saturated heterocycles. The summed E-state index contributed by atoms with van der Waals surface area (Å²) in [6.45, 7) is 3.63. The van der Waals surface area contributed by atoms with Gasteiger partial charge in [-0.05, 0) is 18.1 Å². The van der Waals surface area contributed by atoms with Crippen molar-refractivity contribution in [3.8, 4) is 0 Å². The summed E-state index contributed by atoms with van der Waals surface area (Å²) in [5, 5.41) is 9.67. The molecule has 1 rings (SSSR count). The molecule has 1 aromatic carbocycles. The highest BCUT2D eigenvalue weighted by Gasteiger charge is 2.21. The van der Waals surface area contributed by atoms with Crippen molar-refractivity contribution >= 4 is 0 Å². The third-order valence-electron chi connectivity index (χ3n) is 2.48. The molecule has 3 heteroatoms. The molecule has 2 unspecified atom stereocenters. The third-order valence-corrected chi connectivity index (χ3v) is 2.48. The highest BCUT2D eigenvalue weighted by Crippen LogP contribution is 2.28. The molecule has 78 valence electrons. The van der Waals surface area contributed by atoms with Crippen molar-refractivity contribution in [1.82, 2.24) is 0 Å². The minimum Gasteiger partial charge on any atom is -0.388 e. The Morgan fingerprint density at radius 1 is 1.29 bits per heavy atom. The van der Waals surface area contributed by atoms with Gasteiger partial charge in [-0.1, -0.05) is 26.3 Å². The Hall–Kier alpha value is -0.960. The normalized spacial score (nSPS) is 15.2. The first-order chi connectivity index (χ1) is 6.57. The van der Waals surface area contributed by atoms with Crippen LogP contribution < -0.4 is 0 Å². The number of hydrogen-bond acceptors (Lipinski definition) is 1. The summed E-state index contributed by atoms with van der Waals surface area (Å²) in [6, 6.07) is 3.60. The van der Waals surface area contributed by atoms with E-state index >= 15 is 0 Å². The predicted molar refractivity (Wildman–Crippen MR) is 50.8 cm³/mol. The summed E-state index contributed by atoms with van der Waals surface area (Å²) < 4.78 is 26.4. The molecule has 0 heterocycles. The number of halogens is 2. The number of benzene rings is 1. The van der Waals surface area contributed by atoms with E-state index in [0.717, 1.165) is 12.1 Å². The van der Waals surface area contributed by atoms with Crippen LogP contribution in [0.3, 0.4) is 0 Å². The summed E-state index contributed by atoms with van der Waals surface area (Å²) in [5.74, 6) is -1.52. The molecule has 0 fully saturated rings. The molecule has 1 aromatic rings. The lowest BCUT2D eigenvalue weighted by Crippen LogP contribution is -2.12. The quantitative estimate of drug-likeness (QED) is 0.795. The van der Waals surface area contributed by atoms with Gasteiger partial charge < -0.3 is 5.11 Å². The minimum atomic E-state index is -1.07. The van der Waals surface area contributed by atoms with Gasteiger partial charge in [-0.2, -0.15) is 0 Å². The Morgan fingerprint density at radius 3 is 2.21 bits per heavy atom. The first-order valence-corrected chi connectivity index (χ1v) is 4.69. The summed E-state index contributed by atoms with van der Waals surface area (Å²) in [4.78, 5) is 0. The molecule has 1 nitrogen and oxygen atoms in total. The van der Waals surface area contributed by atoms with Crippen molar-refractivity contribution in [3.63, 3.8) is 0 Å². The average molecular weight is 200 g/mol. The number of aliphatic hydroxyl groups is 1. The van der Waals surface area contributed by atoms with E-state index < -0.39 is 17.7 Å². The topological polar surface area (TPSA) is 20.2 Å². The number of hydrogen-bond donors (Lipinski definition) is 1. The molecule has 0 radical (unpaired) electrons. The largest absolute Gasteiger partial charge is 0.388 e. The van der Waals surface area contributed by atoms with Gasteiger partial charge in [0.25, 0.3) is 0 Å². The molecule has 0 aliphatic rings. The summed E-state index contributed by atoms with van der Waals surface area (Å²) in [5.41, 5.74) is -0.221. The molecule has 0 saturated carbocycles. The van der Waals surface area contributed by atoms with E-state index in [1.807, 2.05) is 6.92 Å². The van der Waals surface area contributed by atoms with Gasteiger partial charge in [0, 0.05) is 0 Å². The van der Waals surface area contributed by atoms with Gasteiger partial charge in [0.2, 0.25) is 0 Å². The third kappa shape index (κ3) is 2.10. The maximum absolute atomic E-state index is 13.2. The van der Waals surface area contributed by atoms with Crippen LogP contribution in [0.25, 0.3) is 0 Å². The zero-order chi connectivity index (χ0) is 10.7. The van der Waals surface area contributed by atoms with E-state index in [9.17, 15) is 13.9 Å². The smallest absolute Gasteiger partial charge is 0.131 e. The second-order valence-corrected chi connectivity index (χ2v) is 3.47. The molecule has 0 aliphatic heterocycles. The van der Waals surface area contributed by atoms with E-state index in [1.165, 1.54) is 6.07 Å². The standard InChI is InChI=1S/C11H14F2O/c1-3-7(2)11(14)10-8(12)5-4-6-9(10)13/h4-7,11,14H,3H2,1-2H3. The van der Waals surface area contributed by atoms with Crippen LogP contribution in [0.4, 0.5) is 8.78 Å². The van der Waals surface area contributed by atoms with Crippen molar-refractivity contribution in [2.75, 3.05) is 0 Å². The molecule has 0 spiro atoms. The van der Waals surface area contributed by atoms with Crippen LogP contribution in [-0.2, 0) is 0 Å². The van der Waals surface area contributed by atoms with Gasteiger partial charge in [0.05, 0.1) is 11.7 Å². The van der Waals surface area contributed by atoms with Crippen molar-refractivity contribution in [2.24, 2.45) is 5.92 Å². The molecule has 0 aromatic heterocycles. The second-order valence-electron chi connectivity index (χ2n) is 3.47. The number of aliphatic hydroxyl groups excluding tert-OH is 1. The molecule has 0 bridgehead atoms. The Balaban J connectivity index is 3.05. The number of rotatable bonds is 3. The molecule has 1 N–H and O–H groups in total. The Morgan fingerprint density at radius 2 is 1.79 bits per heavy atom. The van der Waals surface area contributed by atoms with E-state index in [2.05, 4.69) is 0 Å². The molecular formula is C11H14F2O. The van der Waals surface area contributed by atoms with E-state index in [1.54, 1.807) is 6.92 Å². The molecule has 0 amide bonds. The lowest BCUT2D eigenvalue weighted by Gasteiger charge is -2.18. The van der Waals surface area contributed by atoms with Crippen molar-refractivity contribution in [1.29, 1.82) is 0 Å². The zero-order valence-electron chi connectivity index (χ0n) is 8.30. The van der Waals surface area contributed by atoms with Crippen LogP contribution in [0.2, 0.25) is 0 Å². The fourth-order valence-corrected chi connectivity index (χ4v) is 1.30. The predicted octanol–water partition coefficient (Wildman–Crippen LogP) is 3.04. The minimum absolute atomic E-state index is 0.151. The Kier molecular flexibility index (Phi) is 3.58. The lowest BCUT2D eigenvalue weighted by molar-refractivity contribution is 0.107. The maximum atomic E-state index is 13.2. The van der Waals surface area contributed by atoms with Crippen LogP contribution in [0.15, 0.2) is 18.2 Å². The summed E-state index contributed by atoms with van der Waals surface area (Å²) >= 11 is 0. The Bertz CT molecular complexity index is 292. The maximum Gasteiger partial charge on any atom is 0.131 e. The SMILES string of the molecule is CCC(C)C(O)c1c(F)cccc1F. The average Bonchev–Trinajstić information content (AvgIpc) is 2.16. The Labute approximate surface area is 82.4 Å². The molecule has 14 heavy (non-hydrogen) atoms. The van der Waals surface area contributed by atoms with E-state index in [0.29, 0.717) is 6.42 Å². The van der Waals surface area contributed by atoms with Crippen molar-refractivity contribution in [2.45, 2.75) is 26.4 Å². The fourth-order valence-electron chi connectivity index (χ4n) is 1.30. The van der Waals surface area contributed by atoms with Gasteiger partial charge in [-0.15, -0.1) is 0 Å². The molecular weight excluding hydrogens is 186 g/mol. The van der Waals surface area contributed by atoms with Gasteiger partial charge in [0.1, 0.15) is 11.6 Å². The first-order valence-electron chi connectivity index (χ1n) is 4.69. The monoisotopic (exact) mass is 200 g/mol. The summed E-state index contributed by atoms with van der Waals surface area (Å²) in [7, 11) is 0. The van der Waals surface area contributed by atoms with E-state index in [-0.39, 0.29) is 11.5 Å². The van der Waals surface area contributed by atoms with Crippen LogP contribution in [-0.4, -0.2) is 5.11 Å². The molecule has 0 aliphatic carbocycles. The van der Waals surface area contributed by atoms with Crippen LogP contribution in [0, 0.1) is 17.6 Å². The summed E-state index contributed by atoms with van der Waals surface area (Å²) in [6.07, 6.45) is -0.393. The highest BCUT2D eigenvalue weighted by atomic mass is 19.1. The first kappa shape index (κ1) is 11.1. The van der Waals surface area contributed by atoms with Crippen LogP contribution >= 0.6 is 0 Å². The van der Waals surface area contributed by atoms with Gasteiger partial charge >= 0.3 is 0 Å². The van der Waals surface area contributed by atoms with Crippen molar-refractivity contribution in [3.05, 3.63) is 35.4 Å². The van der Waals surface area contributed by atoms with Crippen LogP contribution in [0.5, 0.6) is 0 Å². The lowest BCUT2D eigenvalue weighted by atomic mass is 9.94. The van der Waals surface area contributed by atoms with Gasteiger partial charge in [-0.25, -0.2) is 8.78 Å². The van der Waals surface area contributed by atoms with Crippen LogP contribution in [0.1, 0.15) is 31.9 Å². The van der Waals surface area contributed by atoms with Gasteiger partial charge in [-0.3, -0.25) is 0 Å². The van der Waals surface area contributed by atoms with Gasteiger partial charge in [0.15, 0.2) is 0 Å². The second kappa shape index (κ2) is 4.51. The zero-order valence-corrected chi connectivity index (χ0v) is 8.30. The fraction of sp³-hybridized carbons (Fsp3) is 0.455. The van der Waals surface area contributed by atoms with Crippen molar-refractivity contribution < 1.29 is 13.9 Å². The van der Waals surface area contributed by atoms with E-state index in [4.69, 9.17) is 0 Å². The molecule has 2 atom stereocenters.